The van der Waals surface area contributed by atoms with E-state index in [1.54, 1.807) is 6.33 Å². The van der Waals surface area contributed by atoms with Crippen LogP contribution in [-0.2, 0) is 13.0 Å². The van der Waals surface area contributed by atoms with Crippen LogP contribution in [0.4, 0.5) is 0 Å². The second kappa shape index (κ2) is 8.45. The second-order valence-corrected chi connectivity index (χ2v) is 8.36. The van der Waals surface area contributed by atoms with Gasteiger partial charge in [-0.05, 0) is 72.0 Å². The first kappa shape index (κ1) is 19.8. The van der Waals surface area contributed by atoms with Crippen LogP contribution < -0.4 is 0 Å². The number of nitrogens with zero attached hydrogens (tertiary/aromatic N) is 6. The summed E-state index contributed by atoms with van der Waals surface area (Å²) < 4.78 is 7.56. The van der Waals surface area contributed by atoms with E-state index < -0.39 is 0 Å². The van der Waals surface area contributed by atoms with Crippen molar-refractivity contribution in [3.8, 4) is 11.3 Å². The van der Waals surface area contributed by atoms with E-state index in [9.17, 15) is 0 Å². The summed E-state index contributed by atoms with van der Waals surface area (Å²) in [5, 5.41) is 4.05. The molecule has 0 unspecified atom stereocenters. The van der Waals surface area contributed by atoms with Crippen molar-refractivity contribution < 1.29 is 4.52 Å². The molecule has 0 atom stereocenters. The Kier molecular flexibility index (Phi) is 5.76. The molecule has 1 fully saturated rings. The molecule has 7 nitrogen and oxygen atoms in total. The first-order chi connectivity index (χ1) is 14.0. The summed E-state index contributed by atoms with van der Waals surface area (Å²) in [6, 6.07) is 2.55. The summed E-state index contributed by atoms with van der Waals surface area (Å²) in [7, 11) is 0. The summed E-state index contributed by atoms with van der Waals surface area (Å²) in [6.07, 6.45) is 9.02. The molecule has 1 aliphatic heterocycles. The van der Waals surface area contributed by atoms with Crippen LogP contribution in [0.25, 0.3) is 11.3 Å². The zero-order valence-corrected chi connectivity index (χ0v) is 17.8. The number of hydrogen-bond acceptors (Lipinski definition) is 6. The third-order valence-corrected chi connectivity index (χ3v) is 5.89. The minimum Gasteiger partial charge on any atom is -0.361 e. The summed E-state index contributed by atoms with van der Waals surface area (Å²) in [5.41, 5.74) is 3.87. The van der Waals surface area contributed by atoms with Crippen molar-refractivity contribution in [1.82, 2.24) is 29.6 Å². The smallest absolute Gasteiger partial charge is 0.143 e. The lowest BCUT2D eigenvalue weighted by atomic mass is 9.91. The molecule has 3 aromatic heterocycles. The Bertz CT molecular complexity index is 932. The van der Waals surface area contributed by atoms with E-state index in [2.05, 4.69) is 55.7 Å². The molecule has 7 heteroatoms. The van der Waals surface area contributed by atoms with Gasteiger partial charge in [-0.2, -0.15) is 0 Å². The van der Waals surface area contributed by atoms with Crippen molar-refractivity contribution in [2.24, 2.45) is 5.92 Å². The van der Waals surface area contributed by atoms with E-state index in [4.69, 9.17) is 4.52 Å². The number of likely N-dealkylation sites (tertiary alicyclic amines) is 1. The van der Waals surface area contributed by atoms with E-state index in [1.165, 1.54) is 18.7 Å². The fourth-order valence-corrected chi connectivity index (χ4v) is 4.28. The van der Waals surface area contributed by atoms with Gasteiger partial charge in [0.2, 0.25) is 0 Å². The summed E-state index contributed by atoms with van der Waals surface area (Å²) in [6.45, 7) is 11.4. The maximum Gasteiger partial charge on any atom is 0.143 e. The van der Waals surface area contributed by atoms with Gasteiger partial charge in [0.1, 0.15) is 17.9 Å². The highest BCUT2D eigenvalue weighted by atomic mass is 16.5. The van der Waals surface area contributed by atoms with Crippen LogP contribution in [0.15, 0.2) is 29.3 Å². The molecular weight excluding hydrogens is 364 g/mol. The van der Waals surface area contributed by atoms with Gasteiger partial charge in [0, 0.05) is 24.1 Å². The molecule has 0 bridgehead atoms. The van der Waals surface area contributed by atoms with Crippen molar-refractivity contribution in [3.63, 3.8) is 0 Å². The molecule has 29 heavy (non-hydrogen) atoms. The normalized spacial score (nSPS) is 16.0. The van der Waals surface area contributed by atoms with Gasteiger partial charge in [0.05, 0.1) is 23.5 Å². The average molecular weight is 395 g/mol. The number of piperidine rings is 1. The van der Waals surface area contributed by atoms with Crippen LogP contribution in [0.2, 0.25) is 0 Å². The molecule has 0 N–H and O–H groups in total. The summed E-state index contributed by atoms with van der Waals surface area (Å²) in [5.74, 6) is 2.63. The predicted octanol–water partition coefficient (Wildman–Crippen LogP) is 3.98. The molecule has 154 valence electrons. The molecule has 0 radical (unpaired) electrons. The van der Waals surface area contributed by atoms with E-state index in [1.807, 2.05) is 20.0 Å². The van der Waals surface area contributed by atoms with Gasteiger partial charge < -0.3 is 9.09 Å². The standard InChI is InChI=1S/C22H30N6O/c1-15(2)28-10-7-23-21(28)13-27-8-5-18(6-9-27)11-19-12-20(25-14-24-19)22-16(3)26-29-17(22)4/h7,10,12,14-15,18H,5-6,8-9,11,13H2,1-4H3. The first-order valence-electron chi connectivity index (χ1n) is 10.5. The molecule has 0 aliphatic carbocycles. The van der Waals surface area contributed by atoms with Crippen LogP contribution in [0.1, 0.15) is 55.7 Å². The number of rotatable bonds is 6. The monoisotopic (exact) mass is 394 g/mol. The number of aromatic nitrogens is 5. The Balaban J connectivity index is 1.35. The third kappa shape index (κ3) is 4.40. The number of hydrogen-bond donors (Lipinski definition) is 0. The molecular formula is C22H30N6O. The second-order valence-electron chi connectivity index (χ2n) is 8.36. The molecule has 4 heterocycles. The van der Waals surface area contributed by atoms with Crippen molar-refractivity contribution in [2.75, 3.05) is 13.1 Å². The van der Waals surface area contributed by atoms with Gasteiger partial charge in [-0.1, -0.05) is 5.16 Å². The first-order valence-corrected chi connectivity index (χ1v) is 10.5. The zero-order valence-electron chi connectivity index (χ0n) is 17.8. The minimum atomic E-state index is 0.453. The van der Waals surface area contributed by atoms with Crippen LogP contribution in [0.3, 0.4) is 0 Å². The fraction of sp³-hybridized carbons (Fsp3) is 0.545. The molecule has 4 rings (SSSR count). The van der Waals surface area contributed by atoms with Crippen LogP contribution >= 0.6 is 0 Å². The number of imidazole rings is 1. The molecule has 1 saturated heterocycles. The Hall–Kier alpha value is -2.54. The Morgan fingerprint density at radius 1 is 1.14 bits per heavy atom. The fourth-order valence-electron chi connectivity index (χ4n) is 4.28. The highest BCUT2D eigenvalue weighted by molar-refractivity contribution is 5.63. The van der Waals surface area contributed by atoms with Crippen LogP contribution in [-0.4, -0.2) is 42.7 Å². The zero-order chi connectivity index (χ0) is 20.4. The van der Waals surface area contributed by atoms with Gasteiger partial charge in [-0.3, -0.25) is 4.90 Å². The Morgan fingerprint density at radius 2 is 1.93 bits per heavy atom. The lowest BCUT2D eigenvalue weighted by molar-refractivity contribution is 0.170. The van der Waals surface area contributed by atoms with Gasteiger partial charge in [-0.25, -0.2) is 15.0 Å². The van der Waals surface area contributed by atoms with E-state index in [-0.39, 0.29) is 0 Å². The van der Waals surface area contributed by atoms with Crippen LogP contribution in [0.5, 0.6) is 0 Å². The lowest BCUT2D eigenvalue weighted by Gasteiger charge is -2.32. The highest BCUT2D eigenvalue weighted by Gasteiger charge is 2.22. The minimum absolute atomic E-state index is 0.453. The third-order valence-electron chi connectivity index (χ3n) is 5.89. The van der Waals surface area contributed by atoms with Crippen molar-refractivity contribution in [1.29, 1.82) is 0 Å². The quantitative estimate of drug-likeness (QED) is 0.630. The van der Waals surface area contributed by atoms with E-state index >= 15 is 0 Å². The van der Waals surface area contributed by atoms with Gasteiger partial charge in [0.15, 0.2) is 0 Å². The Labute approximate surface area is 172 Å². The molecule has 0 saturated carbocycles. The van der Waals surface area contributed by atoms with E-state index in [0.29, 0.717) is 12.0 Å². The highest BCUT2D eigenvalue weighted by Crippen LogP contribution is 2.27. The van der Waals surface area contributed by atoms with Crippen molar-refractivity contribution >= 4 is 0 Å². The van der Waals surface area contributed by atoms with Gasteiger partial charge in [-0.15, -0.1) is 0 Å². The SMILES string of the molecule is Cc1noc(C)c1-c1cc(CC2CCN(Cc3nccn3C(C)C)CC2)ncn1. The molecule has 3 aromatic rings. The molecule has 0 amide bonds. The largest absolute Gasteiger partial charge is 0.361 e. The lowest BCUT2D eigenvalue weighted by Crippen LogP contribution is -2.34. The van der Waals surface area contributed by atoms with E-state index in [0.717, 1.165) is 54.5 Å². The van der Waals surface area contributed by atoms with Crippen molar-refractivity contribution in [2.45, 2.75) is 59.5 Å². The summed E-state index contributed by atoms with van der Waals surface area (Å²) in [4.78, 5) is 16.0. The maximum atomic E-state index is 5.29. The van der Waals surface area contributed by atoms with Crippen molar-refractivity contribution in [3.05, 3.63) is 47.8 Å². The summed E-state index contributed by atoms with van der Waals surface area (Å²) >= 11 is 0. The average Bonchev–Trinajstić information content (AvgIpc) is 3.30. The van der Waals surface area contributed by atoms with Gasteiger partial charge in [0.25, 0.3) is 0 Å². The molecule has 0 aromatic carbocycles. The Morgan fingerprint density at radius 3 is 2.62 bits per heavy atom. The topological polar surface area (TPSA) is 72.9 Å². The van der Waals surface area contributed by atoms with Crippen LogP contribution in [0, 0.1) is 19.8 Å². The van der Waals surface area contributed by atoms with Gasteiger partial charge >= 0.3 is 0 Å². The molecule has 1 aliphatic rings. The maximum absolute atomic E-state index is 5.29. The molecule has 0 spiro atoms. The predicted molar refractivity (Wildman–Crippen MR) is 111 cm³/mol. The number of aryl methyl sites for hydroxylation is 2.